The molecule has 1 aliphatic rings. The van der Waals surface area contributed by atoms with Gasteiger partial charge in [0.15, 0.2) is 12.0 Å². The van der Waals surface area contributed by atoms with Crippen LogP contribution in [0.4, 0.5) is 5.82 Å². The Labute approximate surface area is 125 Å². The molecule has 0 saturated carbocycles. The van der Waals surface area contributed by atoms with Crippen molar-refractivity contribution in [2.24, 2.45) is 0 Å². The van der Waals surface area contributed by atoms with E-state index in [0.29, 0.717) is 12.8 Å². The van der Waals surface area contributed by atoms with Gasteiger partial charge in [0.1, 0.15) is 18.3 Å². The molecule has 22 heavy (non-hydrogen) atoms. The smallest absolute Gasteiger partial charge is 0.368 e. The van der Waals surface area contributed by atoms with E-state index in [2.05, 4.69) is 15.4 Å². The monoisotopic (exact) mass is 314 g/mol. The molecular formula is C12H18N4O6. The Kier molecular flexibility index (Phi) is 5.19. The lowest BCUT2D eigenvalue weighted by Gasteiger charge is -2.15. The van der Waals surface area contributed by atoms with Crippen LogP contribution in [0.5, 0.6) is 0 Å². The van der Waals surface area contributed by atoms with Crippen LogP contribution in [0.1, 0.15) is 26.0 Å². The van der Waals surface area contributed by atoms with Gasteiger partial charge in [-0.05, 0) is 6.42 Å². The first-order valence-electron chi connectivity index (χ1n) is 6.86. The van der Waals surface area contributed by atoms with E-state index in [0.717, 1.165) is 10.9 Å². The number of carbonyl (C=O) groups excluding carboxylic acids is 1. The number of aliphatic hydroxyl groups excluding tert-OH is 3. The largest absolute Gasteiger partial charge is 0.394 e. The molecule has 4 N–H and O–H groups in total. The number of nitrogens with zero attached hydrogens (tertiary/aromatic N) is 3. The summed E-state index contributed by atoms with van der Waals surface area (Å²) in [6.07, 6.45) is -2.95. The second-order valence-electron chi connectivity index (χ2n) is 4.90. The zero-order valence-corrected chi connectivity index (χ0v) is 11.9. The van der Waals surface area contributed by atoms with Crippen molar-refractivity contribution in [3.05, 3.63) is 16.7 Å². The summed E-state index contributed by atoms with van der Waals surface area (Å²) in [4.78, 5) is 27.0. The SMILES string of the molecule is CCCC(=O)Nc1cnn([C@@H]2O[C@H](CO)[C@@H](O)[C@H]2O)c(=O)n1. The van der Waals surface area contributed by atoms with Gasteiger partial charge in [-0.3, -0.25) is 4.79 Å². The molecule has 10 nitrogen and oxygen atoms in total. The fraction of sp³-hybridized carbons (Fsp3) is 0.667. The van der Waals surface area contributed by atoms with Crippen LogP contribution in [0.15, 0.2) is 11.0 Å². The number of hydrogen-bond donors (Lipinski definition) is 4. The van der Waals surface area contributed by atoms with Crippen molar-refractivity contribution in [1.82, 2.24) is 14.8 Å². The number of nitrogens with one attached hydrogen (secondary N) is 1. The summed E-state index contributed by atoms with van der Waals surface area (Å²) in [5, 5.41) is 34.7. The van der Waals surface area contributed by atoms with Gasteiger partial charge in [-0.2, -0.15) is 14.8 Å². The molecule has 1 amide bonds. The molecule has 0 bridgehead atoms. The lowest BCUT2D eigenvalue weighted by molar-refractivity contribution is -0.116. The van der Waals surface area contributed by atoms with Gasteiger partial charge in [0.2, 0.25) is 5.91 Å². The molecule has 2 rings (SSSR count). The summed E-state index contributed by atoms with van der Waals surface area (Å²) in [6, 6.07) is 0. The first-order chi connectivity index (χ1) is 10.5. The third-order valence-corrected chi connectivity index (χ3v) is 3.22. The quantitative estimate of drug-likeness (QED) is 0.487. The molecule has 4 atom stereocenters. The van der Waals surface area contributed by atoms with Crippen molar-refractivity contribution in [2.45, 2.75) is 44.3 Å². The van der Waals surface area contributed by atoms with Crippen LogP contribution in [0, 0.1) is 0 Å². The van der Waals surface area contributed by atoms with E-state index < -0.39 is 36.8 Å². The van der Waals surface area contributed by atoms with Crippen LogP contribution in [-0.4, -0.2) is 60.9 Å². The van der Waals surface area contributed by atoms with Crippen LogP contribution >= 0.6 is 0 Å². The lowest BCUT2D eigenvalue weighted by Crippen LogP contribution is -2.37. The Morgan fingerprint density at radius 3 is 2.73 bits per heavy atom. The van der Waals surface area contributed by atoms with Crippen molar-refractivity contribution in [2.75, 3.05) is 11.9 Å². The topological polar surface area (TPSA) is 147 Å². The molecule has 2 heterocycles. The maximum Gasteiger partial charge on any atom is 0.368 e. The van der Waals surface area contributed by atoms with Crippen molar-refractivity contribution in [1.29, 1.82) is 0 Å². The normalized spacial score (nSPS) is 27.8. The number of rotatable bonds is 5. The second-order valence-corrected chi connectivity index (χ2v) is 4.90. The Morgan fingerprint density at radius 1 is 1.45 bits per heavy atom. The average Bonchev–Trinajstić information content (AvgIpc) is 2.75. The summed E-state index contributed by atoms with van der Waals surface area (Å²) in [7, 11) is 0. The molecule has 0 aliphatic carbocycles. The maximum absolute atomic E-state index is 11.9. The fourth-order valence-electron chi connectivity index (χ4n) is 2.10. The molecule has 0 radical (unpaired) electrons. The van der Waals surface area contributed by atoms with Crippen LogP contribution in [-0.2, 0) is 9.53 Å². The minimum absolute atomic E-state index is 0.00792. The number of amides is 1. The van der Waals surface area contributed by atoms with E-state index in [9.17, 15) is 19.8 Å². The lowest BCUT2D eigenvalue weighted by atomic mass is 10.1. The van der Waals surface area contributed by atoms with Gasteiger partial charge >= 0.3 is 5.69 Å². The van der Waals surface area contributed by atoms with E-state index >= 15 is 0 Å². The van der Waals surface area contributed by atoms with Crippen LogP contribution in [0.2, 0.25) is 0 Å². The summed E-state index contributed by atoms with van der Waals surface area (Å²) in [5.41, 5.74) is -0.857. The zero-order chi connectivity index (χ0) is 16.3. The number of anilines is 1. The Hall–Kier alpha value is -1.88. The number of aliphatic hydroxyl groups is 3. The number of hydrogen-bond acceptors (Lipinski definition) is 8. The molecule has 1 saturated heterocycles. The van der Waals surface area contributed by atoms with E-state index in [4.69, 9.17) is 9.84 Å². The molecule has 122 valence electrons. The molecule has 1 fully saturated rings. The summed E-state index contributed by atoms with van der Waals surface area (Å²) in [5.74, 6) is -0.298. The molecule has 0 spiro atoms. The van der Waals surface area contributed by atoms with Gasteiger partial charge in [-0.25, -0.2) is 4.79 Å². The van der Waals surface area contributed by atoms with Gasteiger partial charge in [0, 0.05) is 6.42 Å². The van der Waals surface area contributed by atoms with E-state index in [1.54, 1.807) is 0 Å². The third kappa shape index (κ3) is 3.30. The second kappa shape index (κ2) is 6.92. The Balaban J connectivity index is 2.17. The van der Waals surface area contributed by atoms with Crippen molar-refractivity contribution in [3.63, 3.8) is 0 Å². The van der Waals surface area contributed by atoms with Crippen LogP contribution < -0.4 is 11.0 Å². The number of aromatic nitrogens is 3. The predicted octanol–water partition coefficient (Wildman–Crippen LogP) is -2.01. The summed E-state index contributed by atoms with van der Waals surface area (Å²) >= 11 is 0. The zero-order valence-electron chi connectivity index (χ0n) is 11.9. The van der Waals surface area contributed by atoms with Crippen molar-refractivity contribution < 1.29 is 24.9 Å². The van der Waals surface area contributed by atoms with Gasteiger partial charge in [0.25, 0.3) is 0 Å². The minimum atomic E-state index is -1.43. The first-order valence-corrected chi connectivity index (χ1v) is 6.86. The van der Waals surface area contributed by atoms with Gasteiger partial charge < -0.3 is 25.4 Å². The maximum atomic E-state index is 11.9. The summed E-state index contributed by atoms with van der Waals surface area (Å²) < 4.78 is 5.93. The highest BCUT2D eigenvalue weighted by Gasteiger charge is 2.44. The molecular weight excluding hydrogens is 296 g/mol. The minimum Gasteiger partial charge on any atom is -0.394 e. The van der Waals surface area contributed by atoms with E-state index in [1.807, 2.05) is 6.92 Å². The van der Waals surface area contributed by atoms with E-state index in [1.165, 1.54) is 0 Å². The molecule has 10 heteroatoms. The highest BCUT2D eigenvalue weighted by molar-refractivity contribution is 5.89. The van der Waals surface area contributed by atoms with Crippen molar-refractivity contribution >= 4 is 11.7 Å². The van der Waals surface area contributed by atoms with Gasteiger partial charge in [0.05, 0.1) is 12.8 Å². The standard InChI is InChI=1S/C12H18N4O6/c1-2-3-8(18)14-7-4-13-16(12(21)15-7)11-10(20)9(19)6(5-17)22-11/h4,6,9-11,17,19-20H,2-3,5H2,1H3,(H,14,15,18,21)/t6-,9-,10-,11-/m1/s1. The molecule has 1 aromatic heterocycles. The Morgan fingerprint density at radius 2 is 2.18 bits per heavy atom. The van der Waals surface area contributed by atoms with Crippen LogP contribution in [0.25, 0.3) is 0 Å². The van der Waals surface area contributed by atoms with Crippen LogP contribution in [0.3, 0.4) is 0 Å². The summed E-state index contributed by atoms with van der Waals surface area (Å²) in [6.45, 7) is 1.33. The van der Waals surface area contributed by atoms with Gasteiger partial charge in [-0.15, -0.1) is 0 Å². The van der Waals surface area contributed by atoms with Crippen molar-refractivity contribution in [3.8, 4) is 0 Å². The fourth-order valence-corrected chi connectivity index (χ4v) is 2.10. The number of carbonyl (C=O) groups is 1. The molecule has 1 aliphatic heterocycles. The first kappa shape index (κ1) is 16.5. The highest BCUT2D eigenvalue weighted by atomic mass is 16.6. The predicted molar refractivity (Wildman–Crippen MR) is 72.8 cm³/mol. The third-order valence-electron chi connectivity index (χ3n) is 3.22. The molecule has 0 unspecified atom stereocenters. The Bertz CT molecular complexity index is 591. The molecule has 1 aromatic rings. The number of ether oxygens (including phenoxy) is 1. The average molecular weight is 314 g/mol. The highest BCUT2D eigenvalue weighted by Crippen LogP contribution is 2.27. The molecule has 0 aromatic carbocycles. The van der Waals surface area contributed by atoms with E-state index in [-0.39, 0.29) is 11.7 Å². The van der Waals surface area contributed by atoms with Gasteiger partial charge in [-0.1, -0.05) is 6.92 Å².